The Morgan fingerprint density at radius 3 is 2.21 bits per heavy atom. The van der Waals surface area contributed by atoms with Crippen LogP contribution in [0.1, 0.15) is 89.6 Å². The number of ether oxygens (including phenoxy) is 3. The summed E-state index contributed by atoms with van der Waals surface area (Å²) in [5.41, 5.74) is 8.13. The Balaban J connectivity index is 0.000000594. The molecule has 15 heteroatoms. The first-order chi connectivity index (χ1) is 21.4. The summed E-state index contributed by atoms with van der Waals surface area (Å²) < 4.78 is 17.1. The third kappa shape index (κ3) is 6.85. The lowest BCUT2D eigenvalue weighted by molar-refractivity contribution is -0.247. The lowest BCUT2D eigenvalue weighted by Gasteiger charge is -2.42. The molecule has 2 aromatic rings. The second kappa shape index (κ2) is 14.2. The summed E-state index contributed by atoms with van der Waals surface area (Å²) in [5.74, 6) is -4.09. The van der Waals surface area contributed by atoms with E-state index in [4.69, 9.17) is 30.8 Å². The summed E-state index contributed by atoms with van der Waals surface area (Å²) >= 11 is 0. The van der Waals surface area contributed by atoms with Crippen LogP contribution in [0.15, 0.2) is 18.2 Å². The molecule has 47 heavy (non-hydrogen) atoms. The van der Waals surface area contributed by atoms with E-state index in [2.05, 4.69) is 0 Å². The number of halogens is 1. The van der Waals surface area contributed by atoms with Gasteiger partial charge < -0.3 is 51.2 Å². The highest BCUT2D eigenvalue weighted by atomic mass is 35.5. The van der Waals surface area contributed by atoms with E-state index >= 15 is 0 Å². The highest BCUT2D eigenvalue weighted by Crippen LogP contribution is 2.52. The van der Waals surface area contributed by atoms with E-state index in [1.165, 1.54) is 32.2 Å². The van der Waals surface area contributed by atoms with E-state index in [0.29, 0.717) is 0 Å². The molecule has 9 N–H and O–H groups in total. The lowest BCUT2D eigenvalue weighted by atomic mass is 9.72. The van der Waals surface area contributed by atoms with E-state index in [0.717, 1.165) is 0 Å². The molecule has 0 unspecified atom stereocenters. The number of methoxy groups -OCH3 is 1. The molecule has 1 heterocycles. The third-order valence-electron chi connectivity index (χ3n) is 8.80. The SMILES string of the molecule is CC(C)[C@H](N)C(=O)O.COc1cccc2c1C(=O)c1c(O)c3c(c(O)c1C2=O)C[C@@](O)(C(C)=O)C[C@@H]3O[C@H]1C[C@H](N)[C@H](O)[C@H](C)O1.Cl. The van der Waals surface area contributed by atoms with Gasteiger partial charge in [0.25, 0.3) is 0 Å². The quantitative estimate of drug-likeness (QED) is 0.182. The van der Waals surface area contributed by atoms with E-state index in [1.807, 2.05) is 0 Å². The maximum atomic E-state index is 13.6. The van der Waals surface area contributed by atoms with Crippen molar-refractivity contribution in [3.63, 3.8) is 0 Å². The van der Waals surface area contributed by atoms with Crippen LogP contribution >= 0.6 is 12.4 Å². The van der Waals surface area contributed by atoms with Crippen LogP contribution in [0.25, 0.3) is 0 Å². The molecule has 1 aliphatic heterocycles. The van der Waals surface area contributed by atoms with Gasteiger partial charge in [0.2, 0.25) is 5.78 Å². The predicted molar refractivity (Wildman–Crippen MR) is 168 cm³/mol. The summed E-state index contributed by atoms with van der Waals surface area (Å²) in [6, 6.07) is 3.03. The van der Waals surface area contributed by atoms with Crippen molar-refractivity contribution in [3.8, 4) is 17.2 Å². The standard InChI is InChI=1S/C27H29NO10.C5H11NO2.ClH/c1-10-22(30)14(28)7-17(37-10)38-16-9-27(35,11(2)29)8-13-19(16)26(34)21-20(24(13)32)23(31)12-5-4-6-15(36-3)18(12)25(21)33;1-3(2)4(6)5(7)8;/h4-6,10,14,16-17,22,30,32,34-35H,7-9,28H2,1-3H3;3-4H,6H2,1-2H3,(H,7,8);1H/t10-,14-,16-,17-,22+,27-;4-;/m00./s1. The number of aliphatic hydroxyl groups excluding tert-OH is 1. The van der Waals surface area contributed by atoms with Gasteiger partial charge in [-0.2, -0.15) is 0 Å². The van der Waals surface area contributed by atoms with E-state index in [-0.39, 0.29) is 59.2 Å². The van der Waals surface area contributed by atoms with Gasteiger partial charge in [-0.25, -0.2) is 0 Å². The van der Waals surface area contributed by atoms with Gasteiger partial charge in [0.15, 0.2) is 17.9 Å². The molecule has 0 bridgehead atoms. The first-order valence-corrected chi connectivity index (χ1v) is 14.8. The minimum atomic E-state index is -2.00. The number of carbonyl (C=O) groups is 4. The van der Waals surface area contributed by atoms with E-state index < -0.39 is 94.7 Å². The van der Waals surface area contributed by atoms with Crippen LogP contribution in [0.2, 0.25) is 0 Å². The highest BCUT2D eigenvalue weighted by molar-refractivity contribution is 6.31. The molecule has 0 radical (unpaired) electrons. The molecule has 0 aromatic heterocycles. The summed E-state index contributed by atoms with van der Waals surface area (Å²) in [7, 11) is 1.34. The maximum absolute atomic E-state index is 13.6. The van der Waals surface area contributed by atoms with Gasteiger partial charge in [-0.15, -0.1) is 12.4 Å². The largest absolute Gasteiger partial charge is 0.507 e. The third-order valence-corrected chi connectivity index (χ3v) is 8.80. The number of aliphatic hydroxyl groups is 2. The Morgan fingerprint density at radius 1 is 1.09 bits per heavy atom. The average Bonchev–Trinajstić information content (AvgIpc) is 2.99. The van der Waals surface area contributed by atoms with Gasteiger partial charge in [-0.05, 0) is 25.8 Å². The van der Waals surface area contributed by atoms with Crippen LogP contribution in [0.3, 0.4) is 0 Å². The van der Waals surface area contributed by atoms with Crippen LogP contribution in [0, 0.1) is 5.92 Å². The molecule has 0 saturated carbocycles. The van der Waals surface area contributed by atoms with Crippen LogP contribution in [0.5, 0.6) is 17.2 Å². The Morgan fingerprint density at radius 2 is 1.70 bits per heavy atom. The fourth-order valence-corrected chi connectivity index (χ4v) is 5.94. The predicted octanol–water partition coefficient (Wildman–Crippen LogP) is 1.51. The summed E-state index contributed by atoms with van der Waals surface area (Å²) in [4.78, 5) is 49.6. The highest BCUT2D eigenvalue weighted by Gasteiger charge is 2.49. The number of hydrogen-bond donors (Lipinski definition) is 7. The summed E-state index contributed by atoms with van der Waals surface area (Å²) in [6.45, 7) is 6.34. The number of aliphatic carboxylic acids is 1. The molecule has 258 valence electrons. The minimum Gasteiger partial charge on any atom is -0.507 e. The van der Waals surface area contributed by atoms with Gasteiger partial charge in [0.05, 0.1) is 42.1 Å². The number of hydrogen-bond acceptors (Lipinski definition) is 13. The van der Waals surface area contributed by atoms with Gasteiger partial charge in [0.1, 0.15) is 28.9 Å². The Bertz CT molecular complexity index is 1570. The van der Waals surface area contributed by atoms with Gasteiger partial charge in [-0.3, -0.25) is 19.2 Å². The normalized spacial score (nSPS) is 26.9. The number of phenols is 2. The zero-order chi connectivity index (χ0) is 34.4. The van der Waals surface area contributed by atoms with E-state index in [1.54, 1.807) is 20.8 Å². The summed E-state index contributed by atoms with van der Waals surface area (Å²) in [6.07, 6.45) is -4.53. The molecule has 1 saturated heterocycles. The number of rotatable bonds is 6. The molecule has 7 atom stereocenters. The number of carbonyl (C=O) groups excluding carboxylic acids is 3. The van der Waals surface area contributed by atoms with Crippen molar-refractivity contribution in [1.29, 1.82) is 0 Å². The number of fused-ring (bicyclic) bond motifs is 3. The molecule has 5 rings (SSSR count). The van der Waals surface area contributed by atoms with Crippen molar-refractivity contribution >= 4 is 35.7 Å². The van der Waals surface area contributed by atoms with E-state index in [9.17, 15) is 39.6 Å². The minimum absolute atomic E-state index is 0. The monoisotopic (exact) mass is 680 g/mol. The van der Waals surface area contributed by atoms with Crippen molar-refractivity contribution in [1.82, 2.24) is 0 Å². The van der Waals surface area contributed by atoms with Gasteiger partial charge in [-0.1, -0.05) is 26.0 Å². The van der Waals surface area contributed by atoms with Gasteiger partial charge >= 0.3 is 5.97 Å². The van der Waals surface area contributed by atoms with Crippen molar-refractivity contribution in [2.24, 2.45) is 17.4 Å². The first kappa shape index (κ1) is 37.8. The molecule has 14 nitrogen and oxygen atoms in total. The van der Waals surface area contributed by atoms with Crippen molar-refractivity contribution in [3.05, 3.63) is 51.6 Å². The number of benzene rings is 2. The fourth-order valence-electron chi connectivity index (χ4n) is 5.94. The Kier molecular flexibility index (Phi) is 11.5. The zero-order valence-corrected chi connectivity index (χ0v) is 27.4. The average molecular weight is 681 g/mol. The van der Waals surface area contributed by atoms with Gasteiger partial charge in [0, 0.05) is 42.0 Å². The van der Waals surface area contributed by atoms with Crippen LogP contribution < -0.4 is 16.2 Å². The molecule has 0 spiro atoms. The van der Waals surface area contributed by atoms with Crippen molar-refractivity contribution < 1.29 is 58.9 Å². The molecule has 3 aliphatic rings. The maximum Gasteiger partial charge on any atom is 0.320 e. The van der Waals surface area contributed by atoms with Crippen molar-refractivity contribution in [2.75, 3.05) is 7.11 Å². The number of nitrogens with two attached hydrogens (primary N) is 2. The van der Waals surface area contributed by atoms with Crippen LogP contribution in [-0.2, 0) is 25.5 Å². The summed E-state index contributed by atoms with van der Waals surface area (Å²) in [5, 5.41) is 52.4. The number of phenolic OH excluding ortho intramolecular Hbond substituents is 2. The van der Waals surface area contributed by atoms with Crippen LogP contribution in [-0.4, -0.2) is 92.1 Å². The number of aromatic hydroxyl groups is 2. The Hall–Kier alpha value is -3.63. The van der Waals surface area contributed by atoms with Crippen LogP contribution in [0.4, 0.5) is 0 Å². The first-order valence-electron chi connectivity index (χ1n) is 14.8. The molecule has 1 fully saturated rings. The fraction of sp³-hybridized carbons (Fsp3) is 0.500. The number of carboxylic acid groups (broad SMARTS) is 1. The number of carboxylic acids is 1. The topological polar surface area (TPSA) is 249 Å². The molecule has 2 aromatic carbocycles. The van der Waals surface area contributed by atoms with Crippen molar-refractivity contribution in [2.45, 2.75) is 89.2 Å². The lowest BCUT2D eigenvalue weighted by Crippen LogP contribution is -2.52. The Labute approximate surface area is 277 Å². The number of ketones is 3. The molecule has 2 aliphatic carbocycles. The molecule has 0 amide bonds. The number of Topliss-reactive ketones (excluding diaryl/α,β-unsaturated/α-hetero) is 1. The smallest absolute Gasteiger partial charge is 0.320 e. The molecular weight excluding hydrogens is 640 g/mol. The second-order valence-electron chi connectivity index (χ2n) is 12.2. The molecular formula is C32H41ClN2O12. The zero-order valence-electron chi connectivity index (χ0n) is 26.6. The second-order valence-corrected chi connectivity index (χ2v) is 12.2.